The van der Waals surface area contributed by atoms with Gasteiger partial charge in [-0.1, -0.05) is 28.1 Å². The Balaban J connectivity index is 2.14. The van der Waals surface area contributed by atoms with E-state index in [4.69, 9.17) is 9.47 Å². The van der Waals surface area contributed by atoms with E-state index in [0.717, 1.165) is 4.47 Å². The van der Waals surface area contributed by atoms with Gasteiger partial charge < -0.3 is 9.47 Å². The van der Waals surface area contributed by atoms with E-state index in [1.807, 2.05) is 0 Å². The van der Waals surface area contributed by atoms with E-state index >= 15 is 0 Å². The van der Waals surface area contributed by atoms with Crippen LogP contribution < -0.4 is 0 Å². The summed E-state index contributed by atoms with van der Waals surface area (Å²) < 4.78 is 48.6. The highest BCUT2D eigenvalue weighted by atomic mass is 79.9. The Morgan fingerprint density at radius 2 is 1.71 bits per heavy atom. The maximum Gasteiger partial charge on any atom is 0.417 e. The normalized spacial score (nSPS) is 29.6. The fourth-order valence-corrected chi connectivity index (χ4v) is 1.93. The van der Waals surface area contributed by atoms with E-state index in [-0.39, 0.29) is 0 Å². The van der Waals surface area contributed by atoms with Crippen LogP contribution >= 0.6 is 15.9 Å². The van der Waals surface area contributed by atoms with Crippen molar-refractivity contribution in [3.8, 4) is 0 Å². The van der Waals surface area contributed by atoms with Gasteiger partial charge in [-0.3, -0.25) is 0 Å². The number of rotatable bonds is 1. The van der Waals surface area contributed by atoms with E-state index < -0.39 is 24.7 Å². The molecule has 1 aromatic rings. The standard InChI is InChI=1S/C11H10BrF3O2/c1-6-9(11(13,14)15)17-10(16-6)7-2-4-8(12)5-3-7/h2-6,9-10H,1H3/t6-,9-,10-/m0/s1. The Morgan fingerprint density at radius 1 is 1.12 bits per heavy atom. The highest BCUT2D eigenvalue weighted by molar-refractivity contribution is 9.10. The van der Waals surface area contributed by atoms with Crippen molar-refractivity contribution < 1.29 is 22.6 Å². The van der Waals surface area contributed by atoms with Gasteiger partial charge in [-0.05, 0) is 19.1 Å². The van der Waals surface area contributed by atoms with E-state index in [1.165, 1.54) is 6.92 Å². The smallest absolute Gasteiger partial charge is 0.342 e. The van der Waals surface area contributed by atoms with Crippen molar-refractivity contribution in [1.82, 2.24) is 0 Å². The second kappa shape index (κ2) is 4.59. The molecule has 1 fully saturated rings. The van der Waals surface area contributed by atoms with Crippen LogP contribution in [0.15, 0.2) is 28.7 Å². The lowest BCUT2D eigenvalue weighted by Gasteiger charge is -2.16. The van der Waals surface area contributed by atoms with Gasteiger partial charge in [0.25, 0.3) is 0 Å². The molecule has 0 aromatic heterocycles. The molecule has 0 spiro atoms. The van der Waals surface area contributed by atoms with Gasteiger partial charge in [0.2, 0.25) is 0 Å². The summed E-state index contributed by atoms with van der Waals surface area (Å²) in [5, 5.41) is 0. The van der Waals surface area contributed by atoms with Crippen molar-refractivity contribution in [2.45, 2.75) is 31.6 Å². The first-order valence-electron chi connectivity index (χ1n) is 5.01. The molecular weight excluding hydrogens is 301 g/mol. The fourth-order valence-electron chi connectivity index (χ4n) is 1.66. The summed E-state index contributed by atoms with van der Waals surface area (Å²) in [5.74, 6) is 0. The molecule has 0 N–H and O–H groups in total. The molecule has 2 rings (SSSR count). The molecule has 3 atom stereocenters. The zero-order chi connectivity index (χ0) is 12.6. The quantitative estimate of drug-likeness (QED) is 0.785. The van der Waals surface area contributed by atoms with Crippen molar-refractivity contribution in [1.29, 1.82) is 0 Å². The van der Waals surface area contributed by atoms with Crippen LogP contribution in [0.2, 0.25) is 0 Å². The van der Waals surface area contributed by atoms with E-state index in [0.29, 0.717) is 5.56 Å². The molecular formula is C11H10BrF3O2. The molecule has 0 amide bonds. The first kappa shape index (κ1) is 12.9. The van der Waals surface area contributed by atoms with Crippen LogP contribution in [0.5, 0.6) is 0 Å². The van der Waals surface area contributed by atoms with Gasteiger partial charge in [-0.2, -0.15) is 13.2 Å². The largest absolute Gasteiger partial charge is 0.417 e. The molecule has 1 aliphatic rings. The molecule has 0 bridgehead atoms. The summed E-state index contributed by atoms with van der Waals surface area (Å²) >= 11 is 3.25. The lowest BCUT2D eigenvalue weighted by atomic mass is 10.2. The topological polar surface area (TPSA) is 18.5 Å². The Hall–Kier alpha value is -0.590. The van der Waals surface area contributed by atoms with Gasteiger partial charge in [0.15, 0.2) is 12.4 Å². The van der Waals surface area contributed by atoms with Crippen LogP contribution in [-0.2, 0) is 9.47 Å². The summed E-state index contributed by atoms with van der Waals surface area (Å²) in [5.41, 5.74) is 0.576. The second-order valence-electron chi connectivity index (χ2n) is 3.82. The van der Waals surface area contributed by atoms with Crippen LogP contribution in [0.25, 0.3) is 0 Å². The number of hydrogen-bond donors (Lipinski definition) is 0. The minimum Gasteiger partial charge on any atom is -0.342 e. The average Bonchev–Trinajstić information content (AvgIpc) is 2.61. The SMILES string of the molecule is C[C@@H]1O[C@H](c2ccc(Br)cc2)O[C@@H]1C(F)(F)F. The predicted molar refractivity (Wildman–Crippen MR) is 58.4 cm³/mol. The number of ether oxygens (including phenoxy) is 2. The second-order valence-corrected chi connectivity index (χ2v) is 4.74. The van der Waals surface area contributed by atoms with Crippen LogP contribution in [-0.4, -0.2) is 18.4 Å². The fraction of sp³-hybridized carbons (Fsp3) is 0.455. The predicted octanol–water partition coefficient (Wildman–Crippen LogP) is 3.81. The van der Waals surface area contributed by atoms with Crippen LogP contribution in [0.3, 0.4) is 0 Å². The van der Waals surface area contributed by atoms with Crippen molar-refractivity contribution in [3.63, 3.8) is 0 Å². The van der Waals surface area contributed by atoms with Gasteiger partial charge in [-0.15, -0.1) is 0 Å². The molecule has 0 saturated carbocycles. The van der Waals surface area contributed by atoms with Crippen molar-refractivity contribution in [2.75, 3.05) is 0 Å². The third-order valence-electron chi connectivity index (χ3n) is 2.50. The van der Waals surface area contributed by atoms with Crippen molar-refractivity contribution in [3.05, 3.63) is 34.3 Å². The number of halogens is 4. The van der Waals surface area contributed by atoms with Crippen LogP contribution in [0, 0.1) is 0 Å². The first-order chi connectivity index (χ1) is 7.88. The maximum atomic E-state index is 12.6. The molecule has 17 heavy (non-hydrogen) atoms. The molecule has 0 radical (unpaired) electrons. The van der Waals surface area contributed by atoms with E-state index in [2.05, 4.69) is 15.9 Å². The lowest BCUT2D eigenvalue weighted by Crippen LogP contribution is -2.35. The third kappa shape index (κ3) is 2.81. The third-order valence-corrected chi connectivity index (χ3v) is 3.03. The summed E-state index contributed by atoms with van der Waals surface area (Å²) in [4.78, 5) is 0. The molecule has 2 nitrogen and oxygen atoms in total. The Labute approximate surface area is 105 Å². The minimum atomic E-state index is -4.40. The summed E-state index contributed by atoms with van der Waals surface area (Å²) in [6.07, 6.45) is -8.21. The maximum absolute atomic E-state index is 12.6. The highest BCUT2D eigenvalue weighted by Crippen LogP contribution is 2.39. The Morgan fingerprint density at radius 3 is 2.18 bits per heavy atom. The molecule has 1 aliphatic heterocycles. The van der Waals surface area contributed by atoms with Crippen molar-refractivity contribution >= 4 is 15.9 Å². The zero-order valence-electron chi connectivity index (χ0n) is 8.87. The Bertz CT molecular complexity index is 391. The van der Waals surface area contributed by atoms with E-state index in [1.54, 1.807) is 24.3 Å². The van der Waals surface area contributed by atoms with Crippen molar-refractivity contribution in [2.24, 2.45) is 0 Å². The van der Waals surface area contributed by atoms with Crippen LogP contribution in [0.4, 0.5) is 13.2 Å². The van der Waals surface area contributed by atoms with Gasteiger partial charge in [0.05, 0.1) is 6.10 Å². The number of hydrogen-bond acceptors (Lipinski definition) is 2. The number of alkyl halides is 3. The average molecular weight is 311 g/mol. The lowest BCUT2D eigenvalue weighted by molar-refractivity contribution is -0.218. The Kier molecular flexibility index (Phi) is 3.47. The molecule has 0 unspecified atom stereocenters. The summed E-state index contributed by atoms with van der Waals surface area (Å²) in [7, 11) is 0. The summed E-state index contributed by atoms with van der Waals surface area (Å²) in [6, 6.07) is 6.79. The molecule has 6 heteroatoms. The molecule has 1 saturated heterocycles. The highest BCUT2D eigenvalue weighted by Gasteiger charge is 2.51. The van der Waals surface area contributed by atoms with Gasteiger partial charge in [-0.25, -0.2) is 0 Å². The number of benzene rings is 1. The minimum absolute atomic E-state index is 0.576. The molecule has 0 aliphatic carbocycles. The molecule has 1 aromatic carbocycles. The van der Waals surface area contributed by atoms with Crippen LogP contribution in [0.1, 0.15) is 18.8 Å². The van der Waals surface area contributed by atoms with Gasteiger partial charge in [0.1, 0.15) is 0 Å². The van der Waals surface area contributed by atoms with E-state index in [9.17, 15) is 13.2 Å². The van der Waals surface area contributed by atoms with Gasteiger partial charge >= 0.3 is 6.18 Å². The van der Waals surface area contributed by atoms with Gasteiger partial charge in [0, 0.05) is 10.0 Å². The first-order valence-corrected chi connectivity index (χ1v) is 5.80. The summed E-state index contributed by atoms with van der Waals surface area (Å²) in [6.45, 7) is 1.36. The monoisotopic (exact) mass is 310 g/mol. The molecule has 94 valence electrons. The zero-order valence-corrected chi connectivity index (χ0v) is 10.5. The molecule has 1 heterocycles.